The Bertz CT molecular complexity index is 1720. The third kappa shape index (κ3) is 66.2. The molecule has 0 aliphatic heterocycles. The van der Waals surface area contributed by atoms with Gasteiger partial charge < -0.3 is 14.2 Å². The van der Waals surface area contributed by atoms with Gasteiger partial charge in [-0.1, -0.05) is 289 Å². The first-order valence-corrected chi connectivity index (χ1v) is 33.7. The second-order valence-electron chi connectivity index (χ2n) is 22.0. The van der Waals surface area contributed by atoms with Crippen LogP contribution in [0.4, 0.5) is 0 Å². The van der Waals surface area contributed by atoms with E-state index < -0.39 is 6.10 Å². The predicted molar refractivity (Wildman–Crippen MR) is 353 cm³/mol. The van der Waals surface area contributed by atoms with Crippen LogP contribution in [0.1, 0.15) is 303 Å². The fraction of sp³-hybridized carbons (Fsp3) is 0.667. The lowest BCUT2D eigenvalue weighted by atomic mass is 10.0. The van der Waals surface area contributed by atoms with E-state index in [1.165, 1.54) is 141 Å². The quantitative estimate of drug-likeness (QED) is 0.0261. The second-order valence-corrected chi connectivity index (χ2v) is 22.0. The fourth-order valence-corrected chi connectivity index (χ4v) is 9.15. The molecule has 6 heteroatoms. The Balaban J connectivity index is 4.48. The van der Waals surface area contributed by atoms with E-state index in [4.69, 9.17) is 14.2 Å². The molecule has 0 spiro atoms. The zero-order valence-electron chi connectivity index (χ0n) is 52.8. The average Bonchev–Trinajstić information content (AvgIpc) is 3.47. The summed E-state index contributed by atoms with van der Waals surface area (Å²) in [5.41, 5.74) is 0. The van der Waals surface area contributed by atoms with E-state index in [2.05, 4.69) is 154 Å². The number of ether oxygens (including phenoxy) is 3. The van der Waals surface area contributed by atoms with Crippen LogP contribution < -0.4 is 0 Å². The van der Waals surface area contributed by atoms with Crippen molar-refractivity contribution in [3.05, 3.63) is 134 Å². The molecule has 0 aliphatic rings. The summed E-state index contributed by atoms with van der Waals surface area (Å²) in [6, 6.07) is 0. The first-order chi connectivity index (χ1) is 40.0. The highest BCUT2D eigenvalue weighted by molar-refractivity contribution is 5.71. The van der Waals surface area contributed by atoms with E-state index in [0.29, 0.717) is 19.3 Å². The van der Waals surface area contributed by atoms with Crippen LogP contribution in [0.2, 0.25) is 0 Å². The summed E-state index contributed by atoms with van der Waals surface area (Å²) in [5, 5.41) is 0. The highest BCUT2D eigenvalue weighted by atomic mass is 16.6. The number of hydrogen-bond acceptors (Lipinski definition) is 6. The Hall–Kier alpha value is -4.45. The first-order valence-electron chi connectivity index (χ1n) is 33.7. The molecule has 0 bridgehead atoms. The fourth-order valence-electron chi connectivity index (χ4n) is 9.15. The van der Waals surface area contributed by atoms with Crippen molar-refractivity contribution in [1.29, 1.82) is 0 Å². The molecule has 0 aromatic carbocycles. The maximum Gasteiger partial charge on any atom is 0.306 e. The third-order valence-corrected chi connectivity index (χ3v) is 14.1. The minimum absolute atomic E-state index is 0.104. The second kappa shape index (κ2) is 68.1. The van der Waals surface area contributed by atoms with Crippen LogP contribution in [0.15, 0.2) is 134 Å². The van der Waals surface area contributed by atoms with Crippen molar-refractivity contribution in [3.63, 3.8) is 0 Å². The molecule has 0 fully saturated rings. The van der Waals surface area contributed by atoms with Crippen LogP contribution in [0.5, 0.6) is 0 Å². The average molecular weight is 1120 g/mol. The molecule has 1 atom stereocenters. The lowest BCUT2D eigenvalue weighted by molar-refractivity contribution is -0.167. The van der Waals surface area contributed by atoms with Gasteiger partial charge in [0.15, 0.2) is 6.10 Å². The molecule has 0 heterocycles. The molecule has 0 radical (unpaired) electrons. The minimum Gasteiger partial charge on any atom is -0.462 e. The van der Waals surface area contributed by atoms with Crippen molar-refractivity contribution < 1.29 is 28.6 Å². The topological polar surface area (TPSA) is 78.9 Å². The monoisotopic (exact) mass is 1120 g/mol. The molecule has 81 heavy (non-hydrogen) atoms. The van der Waals surface area contributed by atoms with E-state index in [1.807, 2.05) is 0 Å². The highest BCUT2D eigenvalue weighted by Gasteiger charge is 2.19. The molecule has 0 rings (SSSR count). The van der Waals surface area contributed by atoms with Gasteiger partial charge in [0.1, 0.15) is 13.2 Å². The van der Waals surface area contributed by atoms with Gasteiger partial charge in [0.25, 0.3) is 0 Å². The van der Waals surface area contributed by atoms with Crippen molar-refractivity contribution in [3.8, 4) is 0 Å². The predicted octanol–water partition coefficient (Wildman–Crippen LogP) is 23.3. The van der Waals surface area contributed by atoms with Crippen LogP contribution in [0, 0.1) is 0 Å². The molecule has 0 amide bonds. The summed E-state index contributed by atoms with van der Waals surface area (Å²) in [5.74, 6) is -0.970. The van der Waals surface area contributed by atoms with Crippen LogP contribution in [-0.4, -0.2) is 37.2 Å². The van der Waals surface area contributed by atoms with E-state index in [1.54, 1.807) is 0 Å². The number of allylic oxidation sites excluding steroid dienone is 22. The van der Waals surface area contributed by atoms with Crippen LogP contribution in [0.25, 0.3) is 0 Å². The Morgan fingerprint density at radius 1 is 0.259 bits per heavy atom. The summed E-state index contributed by atoms with van der Waals surface area (Å²) < 4.78 is 16.9. The van der Waals surface area contributed by atoms with Crippen LogP contribution >= 0.6 is 0 Å². The normalized spacial score (nSPS) is 13.0. The lowest BCUT2D eigenvalue weighted by Gasteiger charge is -2.18. The van der Waals surface area contributed by atoms with E-state index in [-0.39, 0.29) is 37.5 Å². The van der Waals surface area contributed by atoms with Gasteiger partial charge >= 0.3 is 17.9 Å². The number of hydrogen-bond donors (Lipinski definition) is 0. The van der Waals surface area contributed by atoms with E-state index >= 15 is 0 Å². The van der Waals surface area contributed by atoms with Gasteiger partial charge in [-0.05, 0) is 128 Å². The van der Waals surface area contributed by atoms with Crippen molar-refractivity contribution in [2.24, 2.45) is 0 Å². The molecule has 1 unspecified atom stereocenters. The van der Waals surface area contributed by atoms with Gasteiger partial charge in [0.2, 0.25) is 0 Å². The molecule has 0 aromatic heterocycles. The highest BCUT2D eigenvalue weighted by Crippen LogP contribution is 2.16. The molecule has 0 aliphatic carbocycles. The zero-order chi connectivity index (χ0) is 58.5. The Kier molecular flexibility index (Phi) is 64.3. The SMILES string of the molecule is CC/C=C\C/C=C\C/C=C\C/C=C\C/C=C\C/C=C\C/C=C\CCCC(=O)OCC(COC(=O)CCCCCCCCC/C=C\C/C=C\C/C=C\CC)OC(=O)CCCCCCCCCCCCC/C=C\CCCCCCCCCC. The van der Waals surface area contributed by atoms with Crippen molar-refractivity contribution in [1.82, 2.24) is 0 Å². The smallest absolute Gasteiger partial charge is 0.306 e. The lowest BCUT2D eigenvalue weighted by Crippen LogP contribution is -2.30. The van der Waals surface area contributed by atoms with Gasteiger partial charge in [-0.3, -0.25) is 14.4 Å². The molecule has 0 saturated heterocycles. The van der Waals surface area contributed by atoms with Gasteiger partial charge in [0.05, 0.1) is 0 Å². The van der Waals surface area contributed by atoms with Gasteiger partial charge in [-0.2, -0.15) is 0 Å². The summed E-state index contributed by atoms with van der Waals surface area (Å²) in [6.07, 6.45) is 96.1. The molecule has 0 saturated carbocycles. The van der Waals surface area contributed by atoms with Crippen molar-refractivity contribution in [2.45, 2.75) is 309 Å². The summed E-state index contributed by atoms with van der Waals surface area (Å²) in [6.45, 7) is 6.38. The zero-order valence-corrected chi connectivity index (χ0v) is 52.8. The van der Waals surface area contributed by atoms with Crippen LogP contribution in [-0.2, 0) is 28.6 Å². The van der Waals surface area contributed by atoms with Crippen LogP contribution in [0.3, 0.4) is 0 Å². The largest absolute Gasteiger partial charge is 0.462 e. The number of esters is 3. The Morgan fingerprint density at radius 2 is 0.494 bits per heavy atom. The number of carbonyl (C=O) groups is 3. The molecule has 0 aromatic rings. The summed E-state index contributed by atoms with van der Waals surface area (Å²) >= 11 is 0. The van der Waals surface area contributed by atoms with Gasteiger partial charge in [-0.25, -0.2) is 0 Å². The number of unbranched alkanes of at least 4 members (excludes halogenated alkanes) is 27. The third-order valence-electron chi connectivity index (χ3n) is 14.1. The maximum absolute atomic E-state index is 13.0. The van der Waals surface area contributed by atoms with Gasteiger partial charge in [-0.15, -0.1) is 0 Å². The summed E-state index contributed by atoms with van der Waals surface area (Å²) in [4.78, 5) is 38.4. The molecule has 460 valence electrons. The molecular weight excluding hydrogens is 997 g/mol. The Morgan fingerprint density at radius 3 is 0.815 bits per heavy atom. The van der Waals surface area contributed by atoms with Crippen molar-refractivity contribution in [2.75, 3.05) is 13.2 Å². The number of rotatable bonds is 60. The first kappa shape index (κ1) is 76.5. The standard InChI is InChI=1S/C75H124O6/c1-4-7-10-13-16-19-22-25-28-31-33-35-37-39-41-44-47-50-53-56-59-62-65-68-74(77)80-71-72(70-79-73(76)67-64-61-58-55-52-49-46-43-30-27-24-21-18-15-12-9-6-3)81-75(78)69-66-63-60-57-54-51-48-45-42-40-38-36-34-32-29-26-23-20-17-14-11-8-5-2/h7,9-10,12,16,18-19,21,25,27-28,30,32-35,39,41,47,50,56,59,72H,4-6,8,11,13-15,17,20,22-24,26,29,31,36-38,40,42-46,48-49,51-55,57-58,60-71H2,1-3H3/b10-7-,12-9-,19-16-,21-18-,28-25-,30-27-,34-32-,35-33-,41-39-,50-47-,59-56-. The molecule has 0 N–H and O–H groups in total. The van der Waals surface area contributed by atoms with E-state index in [9.17, 15) is 14.4 Å². The van der Waals surface area contributed by atoms with E-state index in [0.717, 1.165) is 116 Å². The van der Waals surface area contributed by atoms with Crippen molar-refractivity contribution >= 4 is 17.9 Å². The van der Waals surface area contributed by atoms with Gasteiger partial charge in [0, 0.05) is 19.3 Å². The maximum atomic E-state index is 13.0. The molecular formula is C75H124O6. The Labute approximate surface area is 500 Å². The summed E-state index contributed by atoms with van der Waals surface area (Å²) in [7, 11) is 0. The number of carbonyl (C=O) groups excluding carboxylic acids is 3. The molecule has 6 nitrogen and oxygen atoms in total. The minimum atomic E-state index is -0.813.